The van der Waals surface area contributed by atoms with Crippen molar-refractivity contribution in [3.05, 3.63) is 48.0 Å². The lowest BCUT2D eigenvalue weighted by Gasteiger charge is -2.25. The van der Waals surface area contributed by atoms with Crippen molar-refractivity contribution >= 4 is 0 Å². The smallest absolute Gasteiger partial charge is 0.0670 e. The van der Waals surface area contributed by atoms with Crippen molar-refractivity contribution in [1.29, 1.82) is 0 Å². The molecule has 21 heavy (non-hydrogen) atoms. The van der Waals surface area contributed by atoms with Gasteiger partial charge in [-0.1, -0.05) is 35.9 Å². The van der Waals surface area contributed by atoms with Crippen LogP contribution in [0.2, 0.25) is 0 Å². The average Bonchev–Trinajstić information content (AvgIpc) is 2.47. The van der Waals surface area contributed by atoms with Gasteiger partial charge < -0.3 is 9.84 Å². The van der Waals surface area contributed by atoms with Gasteiger partial charge in [0.2, 0.25) is 0 Å². The molecule has 0 fully saturated rings. The lowest BCUT2D eigenvalue weighted by molar-refractivity contribution is 0.0942. The monoisotopic (exact) mass is 291 g/mol. The average molecular weight is 291 g/mol. The molecule has 0 spiro atoms. The molecule has 0 radical (unpaired) electrons. The summed E-state index contributed by atoms with van der Waals surface area (Å²) in [7, 11) is 1.73. The second-order valence-corrected chi connectivity index (χ2v) is 5.59. The van der Waals surface area contributed by atoms with Crippen molar-refractivity contribution in [2.24, 2.45) is 0 Å². The number of methoxy groups -OCH3 is 1. The lowest BCUT2D eigenvalue weighted by atomic mass is 10.1. The molecule has 0 aliphatic rings. The minimum Gasteiger partial charge on any atom is -0.392 e. The molecule has 1 aromatic rings. The predicted molar refractivity (Wildman–Crippen MR) is 88.4 cm³/mol. The molecular formula is C18H29NO2. The van der Waals surface area contributed by atoms with Crippen molar-refractivity contribution in [2.75, 3.05) is 26.8 Å². The number of aliphatic hydroxyl groups is 1. The summed E-state index contributed by atoms with van der Waals surface area (Å²) in [6.07, 6.45) is 4.18. The Morgan fingerprint density at radius 1 is 1.33 bits per heavy atom. The van der Waals surface area contributed by atoms with Gasteiger partial charge >= 0.3 is 0 Å². The molecule has 3 heteroatoms. The van der Waals surface area contributed by atoms with E-state index in [1.54, 1.807) is 7.11 Å². The number of allylic oxidation sites excluding steroid dienone is 1. The van der Waals surface area contributed by atoms with Gasteiger partial charge in [-0.05, 0) is 31.7 Å². The third-order valence-corrected chi connectivity index (χ3v) is 3.52. The second kappa shape index (κ2) is 10.6. The molecule has 0 saturated heterocycles. The highest BCUT2D eigenvalue weighted by Crippen LogP contribution is 2.10. The fraction of sp³-hybridized carbons (Fsp3) is 0.556. The van der Waals surface area contributed by atoms with Crippen LogP contribution in [0.3, 0.4) is 0 Å². The third-order valence-electron chi connectivity index (χ3n) is 3.52. The number of nitrogens with zero attached hydrogens (tertiary/aromatic N) is 1. The minimum atomic E-state index is -0.295. The van der Waals surface area contributed by atoms with Gasteiger partial charge in [-0.3, -0.25) is 4.90 Å². The summed E-state index contributed by atoms with van der Waals surface area (Å²) in [5.74, 6) is 0. The summed E-state index contributed by atoms with van der Waals surface area (Å²) >= 11 is 0. The quantitative estimate of drug-likeness (QED) is 0.502. The number of ether oxygens (including phenoxy) is 1. The van der Waals surface area contributed by atoms with Gasteiger partial charge in [-0.25, -0.2) is 0 Å². The normalized spacial score (nSPS) is 12.6. The van der Waals surface area contributed by atoms with Crippen LogP contribution >= 0.6 is 0 Å². The molecule has 0 heterocycles. The van der Waals surface area contributed by atoms with Gasteiger partial charge in [0.15, 0.2) is 0 Å². The maximum atomic E-state index is 10.1. The van der Waals surface area contributed by atoms with E-state index in [0.717, 1.165) is 39.0 Å². The molecule has 1 rings (SSSR count). The number of benzene rings is 1. The van der Waals surface area contributed by atoms with E-state index < -0.39 is 0 Å². The molecule has 1 N–H and O–H groups in total. The molecular weight excluding hydrogens is 262 g/mol. The zero-order valence-electron chi connectivity index (χ0n) is 13.4. The Bertz CT molecular complexity index is 389. The van der Waals surface area contributed by atoms with E-state index in [1.807, 2.05) is 6.08 Å². The van der Waals surface area contributed by atoms with Crippen LogP contribution in [0.15, 0.2) is 36.9 Å². The standard InChI is InChI=1S/C18H29NO2/c1-4-5-7-18(20)15-19(12-6-13-21-3)14-17-10-8-16(2)9-11-17/h4,8-11,18,20H,1,5-7,12-15H2,2-3H3. The number of hydrogen-bond acceptors (Lipinski definition) is 3. The molecule has 0 saturated carbocycles. The van der Waals surface area contributed by atoms with E-state index in [4.69, 9.17) is 4.74 Å². The molecule has 0 amide bonds. The van der Waals surface area contributed by atoms with Crippen molar-refractivity contribution in [2.45, 2.75) is 38.8 Å². The van der Waals surface area contributed by atoms with Gasteiger partial charge in [-0.15, -0.1) is 6.58 Å². The Morgan fingerprint density at radius 3 is 2.67 bits per heavy atom. The van der Waals surface area contributed by atoms with Gasteiger partial charge in [0.25, 0.3) is 0 Å². The molecule has 0 aromatic heterocycles. The van der Waals surface area contributed by atoms with Crippen molar-refractivity contribution in [1.82, 2.24) is 4.90 Å². The largest absolute Gasteiger partial charge is 0.392 e. The van der Waals surface area contributed by atoms with Crippen molar-refractivity contribution in [3.8, 4) is 0 Å². The lowest BCUT2D eigenvalue weighted by Crippen LogP contribution is -2.33. The molecule has 1 atom stereocenters. The Labute approximate surface area is 129 Å². The van der Waals surface area contributed by atoms with Crippen LogP contribution in [0.5, 0.6) is 0 Å². The zero-order valence-corrected chi connectivity index (χ0v) is 13.4. The summed E-state index contributed by atoms with van der Waals surface area (Å²) in [5, 5.41) is 10.1. The van der Waals surface area contributed by atoms with Gasteiger partial charge in [0.05, 0.1) is 6.10 Å². The Morgan fingerprint density at radius 2 is 2.05 bits per heavy atom. The van der Waals surface area contributed by atoms with E-state index in [9.17, 15) is 5.11 Å². The molecule has 118 valence electrons. The number of aliphatic hydroxyl groups excluding tert-OH is 1. The Hall–Kier alpha value is -1.16. The van der Waals surface area contributed by atoms with Crippen LogP contribution in [0, 0.1) is 6.92 Å². The molecule has 1 unspecified atom stereocenters. The van der Waals surface area contributed by atoms with E-state index in [1.165, 1.54) is 11.1 Å². The van der Waals surface area contributed by atoms with E-state index in [0.29, 0.717) is 6.54 Å². The first-order valence-electron chi connectivity index (χ1n) is 7.71. The molecule has 1 aromatic carbocycles. The molecule has 0 aliphatic heterocycles. The SMILES string of the molecule is C=CCCC(O)CN(CCCOC)Cc1ccc(C)cc1. The summed E-state index contributed by atoms with van der Waals surface area (Å²) in [5.41, 5.74) is 2.56. The number of aryl methyl sites for hydroxylation is 1. The van der Waals surface area contributed by atoms with Gasteiger partial charge in [-0.2, -0.15) is 0 Å². The third kappa shape index (κ3) is 8.00. The molecule has 3 nitrogen and oxygen atoms in total. The first kappa shape index (κ1) is 17.9. The van der Waals surface area contributed by atoms with E-state index in [2.05, 4.69) is 42.7 Å². The number of rotatable bonds is 11. The fourth-order valence-corrected chi connectivity index (χ4v) is 2.32. The van der Waals surface area contributed by atoms with Crippen LogP contribution < -0.4 is 0 Å². The Kier molecular flexibility index (Phi) is 8.99. The number of hydrogen-bond donors (Lipinski definition) is 1. The van der Waals surface area contributed by atoms with Gasteiger partial charge in [0, 0.05) is 33.4 Å². The summed E-state index contributed by atoms with van der Waals surface area (Å²) in [6, 6.07) is 8.59. The minimum absolute atomic E-state index is 0.295. The van der Waals surface area contributed by atoms with Crippen molar-refractivity contribution < 1.29 is 9.84 Å². The fourth-order valence-electron chi connectivity index (χ4n) is 2.32. The molecule has 0 bridgehead atoms. The maximum absolute atomic E-state index is 10.1. The van der Waals surface area contributed by atoms with Crippen LogP contribution in [0.25, 0.3) is 0 Å². The maximum Gasteiger partial charge on any atom is 0.0670 e. The zero-order chi connectivity index (χ0) is 15.5. The first-order valence-corrected chi connectivity index (χ1v) is 7.71. The van der Waals surface area contributed by atoms with Crippen molar-refractivity contribution in [3.63, 3.8) is 0 Å². The summed E-state index contributed by atoms with van der Waals surface area (Å²) in [6.45, 7) is 9.07. The highest BCUT2D eigenvalue weighted by Gasteiger charge is 2.11. The first-order chi connectivity index (χ1) is 10.2. The highest BCUT2D eigenvalue weighted by molar-refractivity contribution is 5.21. The highest BCUT2D eigenvalue weighted by atomic mass is 16.5. The predicted octanol–water partition coefficient (Wildman–Crippen LogP) is 3.16. The van der Waals surface area contributed by atoms with E-state index >= 15 is 0 Å². The van der Waals surface area contributed by atoms with Gasteiger partial charge in [0.1, 0.15) is 0 Å². The summed E-state index contributed by atoms with van der Waals surface area (Å²) in [4.78, 5) is 2.30. The summed E-state index contributed by atoms with van der Waals surface area (Å²) < 4.78 is 5.13. The van der Waals surface area contributed by atoms with Crippen LogP contribution in [0.4, 0.5) is 0 Å². The van der Waals surface area contributed by atoms with Crippen LogP contribution in [-0.2, 0) is 11.3 Å². The van der Waals surface area contributed by atoms with E-state index in [-0.39, 0.29) is 6.10 Å². The topological polar surface area (TPSA) is 32.7 Å². The second-order valence-electron chi connectivity index (χ2n) is 5.59. The molecule has 0 aliphatic carbocycles. The van der Waals surface area contributed by atoms with Crippen LogP contribution in [-0.4, -0.2) is 42.9 Å². The van der Waals surface area contributed by atoms with Crippen LogP contribution in [0.1, 0.15) is 30.4 Å². The Balaban J connectivity index is 2.53.